The first kappa shape index (κ1) is 11.1. The lowest BCUT2D eigenvalue weighted by molar-refractivity contribution is 0.0822. The molecule has 0 aromatic carbocycles. The van der Waals surface area contributed by atoms with Crippen molar-refractivity contribution in [2.75, 3.05) is 6.61 Å². The summed E-state index contributed by atoms with van der Waals surface area (Å²) >= 11 is 1.72. The third-order valence-corrected chi connectivity index (χ3v) is 4.30. The van der Waals surface area contributed by atoms with Crippen LogP contribution in [0.15, 0.2) is 12.1 Å². The van der Waals surface area contributed by atoms with Crippen LogP contribution in [0.5, 0.6) is 0 Å². The van der Waals surface area contributed by atoms with E-state index in [4.69, 9.17) is 4.74 Å². The van der Waals surface area contributed by atoms with Crippen molar-refractivity contribution < 1.29 is 9.84 Å². The molecule has 1 aliphatic rings. The van der Waals surface area contributed by atoms with Crippen molar-refractivity contribution in [1.29, 1.82) is 0 Å². The molecule has 0 saturated carbocycles. The van der Waals surface area contributed by atoms with Crippen molar-refractivity contribution in [2.24, 2.45) is 5.92 Å². The van der Waals surface area contributed by atoms with Crippen molar-refractivity contribution >= 4 is 11.3 Å². The zero-order valence-electron chi connectivity index (χ0n) is 9.27. The Balaban J connectivity index is 2.03. The fourth-order valence-corrected chi connectivity index (χ4v) is 3.08. The quantitative estimate of drug-likeness (QED) is 0.858. The van der Waals surface area contributed by atoms with Gasteiger partial charge in [-0.25, -0.2) is 0 Å². The van der Waals surface area contributed by atoms with Gasteiger partial charge in [0.1, 0.15) is 0 Å². The van der Waals surface area contributed by atoms with Gasteiger partial charge in [0.15, 0.2) is 0 Å². The van der Waals surface area contributed by atoms with Gasteiger partial charge in [0.2, 0.25) is 0 Å². The molecule has 1 aliphatic heterocycles. The van der Waals surface area contributed by atoms with Crippen LogP contribution in [0.1, 0.15) is 36.1 Å². The molecule has 1 fully saturated rings. The summed E-state index contributed by atoms with van der Waals surface area (Å²) in [6.45, 7) is 4.91. The molecule has 0 radical (unpaired) electrons. The number of aliphatic hydroxyl groups is 1. The Hall–Kier alpha value is -0.380. The molecule has 3 unspecified atom stereocenters. The van der Waals surface area contributed by atoms with Crippen LogP contribution in [0.25, 0.3) is 0 Å². The second-order valence-corrected chi connectivity index (χ2v) is 5.44. The highest BCUT2D eigenvalue weighted by molar-refractivity contribution is 7.12. The minimum Gasteiger partial charge on any atom is -0.387 e. The predicted molar refractivity (Wildman–Crippen MR) is 62.2 cm³/mol. The molecule has 15 heavy (non-hydrogen) atoms. The Labute approximate surface area is 94.9 Å². The molecule has 3 heteroatoms. The third-order valence-electron chi connectivity index (χ3n) is 3.00. The largest absolute Gasteiger partial charge is 0.387 e. The maximum absolute atomic E-state index is 10.2. The maximum Gasteiger partial charge on any atom is 0.0933 e. The molecular formula is C12H18O2S. The van der Waals surface area contributed by atoms with E-state index in [9.17, 15) is 5.11 Å². The highest BCUT2D eigenvalue weighted by Crippen LogP contribution is 2.34. The molecule has 0 amide bonds. The third kappa shape index (κ3) is 2.41. The zero-order valence-corrected chi connectivity index (χ0v) is 10.1. The fourth-order valence-electron chi connectivity index (χ4n) is 2.05. The van der Waals surface area contributed by atoms with E-state index in [2.05, 4.69) is 26.0 Å². The highest BCUT2D eigenvalue weighted by Gasteiger charge is 2.29. The number of rotatable bonds is 3. The Kier molecular flexibility index (Phi) is 3.44. The summed E-state index contributed by atoms with van der Waals surface area (Å²) in [4.78, 5) is 2.44. The minimum atomic E-state index is -0.333. The lowest BCUT2D eigenvalue weighted by atomic mass is 9.98. The van der Waals surface area contributed by atoms with Gasteiger partial charge in [0.05, 0.1) is 18.8 Å². The Bertz CT molecular complexity index is 321. The minimum absolute atomic E-state index is 0.281. The highest BCUT2D eigenvalue weighted by atomic mass is 32.1. The van der Waals surface area contributed by atoms with Crippen molar-refractivity contribution in [3.05, 3.63) is 21.9 Å². The first-order valence-electron chi connectivity index (χ1n) is 5.59. The lowest BCUT2D eigenvalue weighted by Crippen LogP contribution is -2.11. The van der Waals surface area contributed by atoms with E-state index in [-0.39, 0.29) is 12.0 Å². The number of aliphatic hydroxyl groups excluding tert-OH is 1. The Morgan fingerprint density at radius 3 is 2.93 bits per heavy atom. The second-order valence-electron chi connectivity index (χ2n) is 4.24. The van der Waals surface area contributed by atoms with Crippen molar-refractivity contribution in [2.45, 2.75) is 38.9 Å². The van der Waals surface area contributed by atoms with E-state index in [1.165, 1.54) is 4.88 Å². The van der Waals surface area contributed by atoms with Gasteiger partial charge in [0, 0.05) is 15.7 Å². The topological polar surface area (TPSA) is 29.5 Å². The fraction of sp³-hybridized carbons (Fsp3) is 0.667. The number of hydrogen-bond acceptors (Lipinski definition) is 3. The molecule has 0 bridgehead atoms. The Morgan fingerprint density at radius 1 is 1.60 bits per heavy atom. The van der Waals surface area contributed by atoms with E-state index in [0.29, 0.717) is 12.7 Å². The molecule has 1 aromatic rings. The molecule has 84 valence electrons. The summed E-state index contributed by atoms with van der Waals surface area (Å²) < 4.78 is 5.49. The molecule has 1 aromatic heterocycles. The van der Waals surface area contributed by atoms with Crippen LogP contribution in [0.3, 0.4) is 0 Å². The van der Waals surface area contributed by atoms with Crippen LogP contribution in [0, 0.1) is 5.92 Å². The molecule has 2 nitrogen and oxygen atoms in total. The van der Waals surface area contributed by atoms with Crippen LogP contribution >= 0.6 is 11.3 Å². The number of thiophene rings is 1. The van der Waals surface area contributed by atoms with Crippen LogP contribution in [0.4, 0.5) is 0 Å². The first-order valence-corrected chi connectivity index (χ1v) is 6.40. The Morgan fingerprint density at radius 2 is 2.40 bits per heavy atom. The lowest BCUT2D eigenvalue weighted by Gasteiger charge is -2.14. The van der Waals surface area contributed by atoms with Gasteiger partial charge in [-0.15, -0.1) is 11.3 Å². The van der Waals surface area contributed by atoms with Crippen LogP contribution < -0.4 is 0 Å². The van der Waals surface area contributed by atoms with Crippen molar-refractivity contribution in [3.63, 3.8) is 0 Å². The maximum atomic E-state index is 10.2. The molecule has 2 rings (SSSR count). The number of aryl methyl sites for hydroxylation is 1. The van der Waals surface area contributed by atoms with E-state index in [0.717, 1.165) is 17.7 Å². The average Bonchev–Trinajstić information content (AvgIpc) is 2.84. The van der Waals surface area contributed by atoms with Crippen LogP contribution in [0.2, 0.25) is 0 Å². The standard InChI is InChI=1S/C12H18O2S/c1-3-10-4-5-11(15-10)12(13)9-6-8(2)14-7-9/h4-5,8-9,12-13H,3,6-7H2,1-2H3. The molecule has 0 aliphatic carbocycles. The summed E-state index contributed by atoms with van der Waals surface area (Å²) in [6.07, 6.45) is 1.99. The van der Waals surface area contributed by atoms with E-state index < -0.39 is 0 Å². The predicted octanol–water partition coefficient (Wildman–Crippen LogP) is 2.77. The number of ether oxygens (including phenoxy) is 1. The summed E-state index contributed by atoms with van der Waals surface area (Å²) in [6, 6.07) is 4.17. The first-order chi connectivity index (χ1) is 7.20. The molecule has 2 heterocycles. The number of hydrogen-bond donors (Lipinski definition) is 1. The zero-order chi connectivity index (χ0) is 10.8. The summed E-state index contributed by atoms with van der Waals surface area (Å²) in [7, 11) is 0. The monoisotopic (exact) mass is 226 g/mol. The van der Waals surface area contributed by atoms with Crippen LogP contribution in [-0.4, -0.2) is 17.8 Å². The molecular weight excluding hydrogens is 208 g/mol. The molecule has 0 spiro atoms. The summed E-state index contributed by atoms with van der Waals surface area (Å²) in [5.74, 6) is 0.281. The normalized spacial score (nSPS) is 28.2. The van der Waals surface area contributed by atoms with Crippen LogP contribution in [-0.2, 0) is 11.2 Å². The average molecular weight is 226 g/mol. The van der Waals surface area contributed by atoms with E-state index in [1.807, 2.05) is 0 Å². The SMILES string of the molecule is CCc1ccc(C(O)C2COC(C)C2)s1. The van der Waals surface area contributed by atoms with Gasteiger partial charge in [-0.3, -0.25) is 0 Å². The molecule has 1 N–H and O–H groups in total. The van der Waals surface area contributed by atoms with Gasteiger partial charge < -0.3 is 9.84 Å². The summed E-state index contributed by atoms with van der Waals surface area (Å²) in [5.41, 5.74) is 0. The van der Waals surface area contributed by atoms with Gasteiger partial charge in [0.25, 0.3) is 0 Å². The van der Waals surface area contributed by atoms with E-state index >= 15 is 0 Å². The van der Waals surface area contributed by atoms with Gasteiger partial charge in [-0.1, -0.05) is 6.92 Å². The van der Waals surface area contributed by atoms with Crippen molar-refractivity contribution in [1.82, 2.24) is 0 Å². The smallest absolute Gasteiger partial charge is 0.0933 e. The molecule has 1 saturated heterocycles. The summed E-state index contributed by atoms with van der Waals surface area (Å²) in [5, 5.41) is 10.2. The van der Waals surface area contributed by atoms with Gasteiger partial charge >= 0.3 is 0 Å². The van der Waals surface area contributed by atoms with Gasteiger partial charge in [-0.05, 0) is 31.9 Å². The van der Waals surface area contributed by atoms with E-state index in [1.54, 1.807) is 11.3 Å². The molecule has 3 atom stereocenters. The van der Waals surface area contributed by atoms with Crippen molar-refractivity contribution in [3.8, 4) is 0 Å². The second kappa shape index (κ2) is 4.64. The van der Waals surface area contributed by atoms with Gasteiger partial charge in [-0.2, -0.15) is 0 Å².